The molecule has 0 N–H and O–H groups in total. The van der Waals surface area contributed by atoms with Crippen molar-refractivity contribution in [2.75, 3.05) is 6.61 Å². The summed E-state index contributed by atoms with van der Waals surface area (Å²) in [5.74, 6) is 0.623. The first-order valence-electron chi connectivity index (χ1n) is 4.32. The van der Waals surface area contributed by atoms with Gasteiger partial charge in [0.2, 0.25) is 0 Å². The molecular weight excluding hydrogens is 193 g/mol. The zero-order chi connectivity index (χ0) is 10.3. The van der Waals surface area contributed by atoms with Crippen LogP contribution in [0.3, 0.4) is 0 Å². The summed E-state index contributed by atoms with van der Waals surface area (Å²) >= 11 is 0. The monoisotopic (exact) mass is 202 g/mol. The van der Waals surface area contributed by atoms with Crippen molar-refractivity contribution >= 4 is 0 Å². The van der Waals surface area contributed by atoms with Gasteiger partial charge in [-0.25, -0.2) is 0 Å². The molecule has 76 valence electrons. The molecule has 0 aromatic heterocycles. The third-order valence-corrected chi connectivity index (χ3v) is 2.30. The first-order valence-corrected chi connectivity index (χ1v) is 4.32. The molecule has 0 spiro atoms. The van der Waals surface area contributed by atoms with Crippen molar-refractivity contribution < 1.29 is 17.9 Å². The Bertz CT molecular complexity index is 368. The van der Waals surface area contributed by atoms with Crippen LogP contribution in [0.25, 0.3) is 0 Å². The van der Waals surface area contributed by atoms with Crippen LogP contribution in [0.2, 0.25) is 0 Å². The Hall–Kier alpha value is -1.19. The largest absolute Gasteiger partial charge is 0.493 e. The average Bonchev–Trinajstić information content (AvgIpc) is 2.50. The van der Waals surface area contributed by atoms with Crippen LogP contribution in [0.4, 0.5) is 13.2 Å². The zero-order valence-electron chi connectivity index (χ0n) is 7.61. The van der Waals surface area contributed by atoms with Crippen molar-refractivity contribution in [3.8, 4) is 5.75 Å². The van der Waals surface area contributed by atoms with E-state index in [0.29, 0.717) is 29.9 Å². The lowest BCUT2D eigenvalue weighted by Crippen LogP contribution is -2.05. The van der Waals surface area contributed by atoms with Gasteiger partial charge in [0.1, 0.15) is 5.75 Å². The maximum Gasteiger partial charge on any atom is 0.416 e. The van der Waals surface area contributed by atoms with Crippen LogP contribution in [-0.2, 0) is 12.6 Å². The van der Waals surface area contributed by atoms with Crippen LogP contribution in [0.15, 0.2) is 12.1 Å². The van der Waals surface area contributed by atoms with E-state index in [1.54, 1.807) is 6.92 Å². The lowest BCUT2D eigenvalue weighted by molar-refractivity contribution is -0.137. The van der Waals surface area contributed by atoms with Gasteiger partial charge in [-0.1, -0.05) is 0 Å². The second kappa shape index (κ2) is 2.90. The van der Waals surface area contributed by atoms with Crippen molar-refractivity contribution in [2.45, 2.75) is 19.5 Å². The van der Waals surface area contributed by atoms with Crippen LogP contribution in [0.1, 0.15) is 16.7 Å². The third kappa shape index (κ3) is 1.45. The number of aryl methyl sites for hydroxylation is 1. The molecule has 1 aliphatic rings. The summed E-state index contributed by atoms with van der Waals surface area (Å²) in [7, 11) is 0. The first kappa shape index (κ1) is 9.37. The van der Waals surface area contributed by atoms with E-state index in [9.17, 15) is 13.2 Å². The minimum atomic E-state index is -4.26. The minimum absolute atomic E-state index is 0.484. The molecule has 0 radical (unpaired) electrons. The van der Waals surface area contributed by atoms with Crippen molar-refractivity contribution in [3.05, 3.63) is 28.8 Å². The average molecular weight is 202 g/mol. The topological polar surface area (TPSA) is 9.23 Å². The molecule has 0 bridgehead atoms. The quantitative estimate of drug-likeness (QED) is 0.628. The predicted octanol–water partition coefficient (Wildman–Crippen LogP) is 2.95. The second-order valence-electron chi connectivity index (χ2n) is 3.38. The van der Waals surface area contributed by atoms with Gasteiger partial charge in [0.15, 0.2) is 0 Å². The van der Waals surface area contributed by atoms with Gasteiger partial charge in [0.05, 0.1) is 12.2 Å². The van der Waals surface area contributed by atoms with Crippen molar-refractivity contribution in [2.24, 2.45) is 0 Å². The normalized spacial score (nSPS) is 15.1. The van der Waals surface area contributed by atoms with E-state index < -0.39 is 11.7 Å². The molecule has 0 atom stereocenters. The number of hydrogen-bond donors (Lipinski definition) is 0. The van der Waals surface area contributed by atoms with E-state index in [1.807, 2.05) is 0 Å². The Balaban J connectivity index is 2.52. The van der Waals surface area contributed by atoms with Gasteiger partial charge in [-0.15, -0.1) is 0 Å². The van der Waals surface area contributed by atoms with E-state index in [4.69, 9.17) is 4.74 Å². The number of halogens is 3. The number of rotatable bonds is 0. The van der Waals surface area contributed by atoms with Crippen molar-refractivity contribution in [1.82, 2.24) is 0 Å². The fourth-order valence-electron chi connectivity index (χ4n) is 1.67. The number of fused-ring (bicyclic) bond motifs is 1. The fourth-order valence-corrected chi connectivity index (χ4v) is 1.67. The highest BCUT2D eigenvalue weighted by atomic mass is 19.4. The van der Waals surface area contributed by atoms with E-state index in [1.165, 1.54) is 6.07 Å². The molecule has 1 heterocycles. The van der Waals surface area contributed by atoms with Gasteiger partial charge in [-0.05, 0) is 30.2 Å². The summed E-state index contributed by atoms with van der Waals surface area (Å²) in [6, 6.07) is 2.31. The number of ether oxygens (including phenoxy) is 1. The van der Waals surface area contributed by atoms with Crippen molar-refractivity contribution in [3.63, 3.8) is 0 Å². The molecule has 14 heavy (non-hydrogen) atoms. The maximum atomic E-state index is 12.4. The molecule has 0 aliphatic carbocycles. The summed E-state index contributed by atoms with van der Waals surface area (Å²) < 4.78 is 42.4. The number of benzene rings is 1. The Morgan fingerprint density at radius 2 is 2.00 bits per heavy atom. The minimum Gasteiger partial charge on any atom is -0.493 e. The molecule has 1 aliphatic heterocycles. The Labute approximate surface area is 79.5 Å². The molecule has 0 unspecified atom stereocenters. The van der Waals surface area contributed by atoms with Gasteiger partial charge in [-0.3, -0.25) is 0 Å². The van der Waals surface area contributed by atoms with Gasteiger partial charge >= 0.3 is 6.18 Å². The van der Waals surface area contributed by atoms with Crippen LogP contribution < -0.4 is 4.74 Å². The first-order chi connectivity index (χ1) is 6.48. The summed E-state index contributed by atoms with van der Waals surface area (Å²) in [5, 5.41) is 0. The molecule has 0 amide bonds. The Morgan fingerprint density at radius 1 is 1.29 bits per heavy atom. The fraction of sp³-hybridized carbons (Fsp3) is 0.400. The van der Waals surface area contributed by atoms with E-state index in [2.05, 4.69) is 0 Å². The molecule has 0 saturated carbocycles. The van der Waals surface area contributed by atoms with Gasteiger partial charge in [0, 0.05) is 6.42 Å². The molecule has 4 heteroatoms. The SMILES string of the molecule is Cc1cc(C(F)(F)F)cc2c1OCC2. The van der Waals surface area contributed by atoms with E-state index >= 15 is 0 Å². The van der Waals surface area contributed by atoms with Crippen LogP contribution in [-0.4, -0.2) is 6.61 Å². The van der Waals surface area contributed by atoms with Gasteiger partial charge in [-0.2, -0.15) is 13.2 Å². The van der Waals surface area contributed by atoms with Crippen LogP contribution in [0.5, 0.6) is 5.75 Å². The highest BCUT2D eigenvalue weighted by Gasteiger charge is 2.32. The van der Waals surface area contributed by atoms with E-state index in [0.717, 1.165) is 6.07 Å². The summed E-state index contributed by atoms with van der Waals surface area (Å²) in [5.41, 5.74) is 0.643. The third-order valence-electron chi connectivity index (χ3n) is 2.30. The molecule has 1 aromatic rings. The molecule has 2 rings (SSSR count). The lowest BCUT2D eigenvalue weighted by atomic mass is 10.0. The van der Waals surface area contributed by atoms with E-state index in [-0.39, 0.29) is 0 Å². The highest BCUT2D eigenvalue weighted by molar-refractivity contribution is 5.46. The molecule has 0 fully saturated rings. The highest BCUT2D eigenvalue weighted by Crippen LogP contribution is 2.36. The maximum absolute atomic E-state index is 12.4. The van der Waals surface area contributed by atoms with Crippen LogP contribution in [0, 0.1) is 6.92 Å². The van der Waals surface area contributed by atoms with Crippen molar-refractivity contribution in [1.29, 1.82) is 0 Å². The molecule has 1 nitrogen and oxygen atoms in total. The Morgan fingerprint density at radius 3 is 2.64 bits per heavy atom. The second-order valence-corrected chi connectivity index (χ2v) is 3.38. The van der Waals surface area contributed by atoms with Gasteiger partial charge in [0.25, 0.3) is 0 Å². The Kier molecular flexibility index (Phi) is 1.94. The standard InChI is InChI=1S/C10H9F3O/c1-6-4-8(10(11,12)13)5-7-2-3-14-9(6)7/h4-5H,2-3H2,1H3. The summed E-state index contributed by atoms with van der Waals surface area (Å²) in [6.45, 7) is 2.12. The molecular formula is C10H9F3O. The molecule has 1 aromatic carbocycles. The smallest absolute Gasteiger partial charge is 0.416 e. The summed E-state index contributed by atoms with van der Waals surface area (Å²) in [6.07, 6.45) is -3.69. The molecule has 0 saturated heterocycles. The van der Waals surface area contributed by atoms with Gasteiger partial charge < -0.3 is 4.74 Å². The predicted molar refractivity (Wildman–Crippen MR) is 45.4 cm³/mol. The van der Waals surface area contributed by atoms with Crippen LogP contribution >= 0.6 is 0 Å². The lowest BCUT2D eigenvalue weighted by Gasteiger charge is -2.10. The number of alkyl halides is 3. The zero-order valence-corrected chi connectivity index (χ0v) is 7.61. The number of hydrogen-bond acceptors (Lipinski definition) is 1. The summed E-state index contributed by atoms with van der Waals surface area (Å²) in [4.78, 5) is 0.